The summed E-state index contributed by atoms with van der Waals surface area (Å²) in [4.78, 5) is 32.5. The second-order valence-electron chi connectivity index (χ2n) is 6.34. The molecule has 0 saturated heterocycles. The molecule has 26 heavy (non-hydrogen) atoms. The van der Waals surface area contributed by atoms with Gasteiger partial charge < -0.3 is 0 Å². The van der Waals surface area contributed by atoms with Crippen LogP contribution in [0.15, 0.2) is 47.4 Å². The van der Waals surface area contributed by atoms with E-state index in [1.165, 1.54) is 10.9 Å². The van der Waals surface area contributed by atoms with Gasteiger partial charge in [0.05, 0.1) is 12.1 Å². The zero-order valence-electron chi connectivity index (χ0n) is 14.8. The second kappa shape index (κ2) is 6.81. The van der Waals surface area contributed by atoms with Gasteiger partial charge in [-0.3, -0.25) is 14.7 Å². The molecule has 3 rings (SSSR count). The molecule has 0 unspecified atom stereocenters. The molecule has 2 heterocycles. The number of hydrogen-bond acceptors (Lipinski definition) is 3. The number of carbonyl (C=O) groups excluding carboxylic acids is 1. The summed E-state index contributed by atoms with van der Waals surface area (Å²) in [6.07, 6.45) is 1.49. The van der Waals surface area contributed by atoms with E-state index in [0.29, 0.717) is 28.3 Å². The molecule has 0 atom stereocenters. The maximum Gasteiger partial charge on any atom is 0.280 e. The van der Waals surface area contributed by atoms with Crippen LogP contribution in [0, 0.1) is 19.4 Å². The van der Waals surface area contributed by atoms with Gasteiger partial charge in [0.1, 0.15) is 0 Å². The van der Waals surface area contributed by atoms with Crippen molar-refractivity contribution in [3.63, 3.8) is 0 Å². The molecule has 0 aliphatic carbocycles. The fourth-order valence-corrected chi connectivity index (χ4v) is 2.75. The van der Waals surface area contributed by atoms with E-state index < -0.39 is 0 Å². The van der Waals surface area contributed by atoms with Gasteiger partial charge in [0.25, 0.3) is 5.56 Å². The first-order valence-electron chi connectivity index (χ1n) is 8.22. The Morgan fingerprint density at radius 1 is 1.19 bits per heavy atom. The molecule has 0 fully saturated rings. The largest absolute Gasteiger partial charge is 0.294 e. The third-order valence-corrected chi connectivity index (χ3v) is 4.14. The summed E-state index contributed by atoms with van der Waals surface area (Å²) in [6, 6.07) is 10.2. The minimum Gasteiger partial charge on any atom is -0.294 e. The zero-order chi connectivity index (χ0) is 18.8. The SMILES string of the molecule is [C-]#[N+]c1ccc(-c2c(C)[nH]n(-c3ccc(C(=O)C(C)C)cn3)c2=O)cc1. The third-order valence-electron chi connectivity index (χ3n) is 4.14. The number of H-pyrrole nitrogens is 1. The topological polar surface area (TPSA) is 72.1 Å². The number of benzene rings is 1. The van der Waals surface area contributed by atoms with Gasteiger partial charge in [0, 0.05) is 23.4 Å². The molecule has 0 saturated carbocycles. The molecule has 0 amide bonds. The Labute approximate surface area is 150 Å². The van der Waals surface area contributed by atoms with Gasteiger partial charge in [-0.25, -0.2) is 14.5 Å². The van der Waals surface area contributed by atoms with Crippen LogP contribution in [0.3, 0.4) is 0 Å². The lowest BCUT2D eigenvalue weighted by molar-refractivity contribution is 0.0939. The second-order valence-corrected chi connectivity index (χ2v) is 6.34. The Hall–Kier alpha value is -3.46. The number of ketones is 1. The summed E-state index contributed by atoms with van der Waals surface area (Å²) in [5.74, 6) is 0.324. The van der Waals surface area contributed by atoms with Crippen molar-refractivity contribution in [3.05, 3.63) is 75.6 Å². The highest BCUT2D eigenvalue weighted by molar-refractivity contribution is 5.97. The third kappa shape index (κ3) is 3.07. The minimum atomic E-state index is -0.228. The van der Waals surface area contributed by atoms with Crippen LogP contribution < -0.4 is 5.56 Å². The Balaban J connectivity index is 2.01. The molecule has 0 aliphatic rings. The molecule has 0 radical (unpaired) electrons. The highest BCUT2D eigenvalue weighted by atomic mass is 16.1. The predicted molar refractivity (Wildman–Crippen MR) is 99.8 cm³/mol. The number of nitrogens with one attached hydrogen (secondary N) is 1. The number of nitrogens with zero attached hydrogens (tertiary/aromatic N) is 3. The van der Waals surface area contributed by atoms with Crippen molar-refractivity contribution in [2.24, 2.45) is 5.92 Å². The van der Waals surface area contributed by atoms with Crippen LogP contribution in [-0.4, -0.2) is 20.5 Å². The fourth-order valence-electron chi connectivity index (χ4n) is 2.75. The summed E-state index contributed by atoms with van der Waals surface area (Å²) < 4.78 is 1.36. The van der Waals surface area contributed by atoms with Crippen LogP contribution in [0.1, 0.15) is 29.9 Å². The summed E-state index contributed by atoms with van der Waals surface area (Å²) in [7, 11) is 0. The molecule has 1 N–H and O–H groups in total. The molecule has 0 aliphatic heterocycles. The number of Topliss-reactive ketones (excluding diaryl/α,β-unsaturated/α-hetero) is 1. The number of pyridine rings is 1. The minimum absolute atomic E-state index is 0.0136. The number of aromatic amines is 1. The summed E-state index contributed by atoms with van der Waals surface area (Å²) in [5, 5.41) is 3.02. The van der Waals surface area contributed by atoms with Crippen molar-refractivity contribution in [1.29, 1.82) is 0 Å². The number of aromatic nitrogens is 3. The van der Waals surface area contributed by atoms with Gasteiger partial charge >= 0.3 is 0 Å². The van der Waals surface area contributed by atoms with Crippen molar-refractivity contribution in [2.75, 3.05) is 0 Å². The van der Waals surface area contributed by atoms with Crippen LogP contribution in [0.5, 0.6) is 0 Å². The molecular weight excluding hydrogens is 328 g/mol. The van der Waals surface area contributed by atoms with E-state index in [4.69, 9.17) is 6.57 Å². The van der Waals surface area contributed by atoms with Gasteiger partial charge in [-0.1, -0.05) is 38.1 Å². The number of carbonyl (C=O) groups is 1. The Morgan fingerprint density at radius 2 is 1.88 bits per heavy atom. The standard InChI is InChI=1S/C20H18N4O2/c1-12(2)19(25)15-7-10-17(22-11-15)24-20(26)18(13(3)23-24)14-5-8-16(21-4)9-6-14/h5-12,23H,1-3H3. The monoisotopic (exact) mass is 346 g/mol. The first-order chi connectivity index (χ1) is 12.4. The van der Waals surface area contributed by atoms with Crippen molar-refractivity contribution in [3.8, 4) is 16.9 Å². The lowest BCUT2D eigenvalue weighted by Crippen LogP contribution is -2.17. The zero-order valence-corrected chi connectivity index (χ0v) is 14.8. The Bertz CT molecular complexity index is 1050. The van der Waals surface area contributed by atoms with Crippen LogP contribution in [0.4, 0.5) is 5.69 Å². The van der Waals surface area contributed by atoms with Gasteiger partial charge in [0.2, 0.25) is 0 Å². The van der Waals surface area contributed by atoms with Crippen molar-refractivity contribution >= 4 is 11.5 Å². The Morgan fingerprint density at radius 3 is 2.42 bits per heavy atom. The van der Waals surface area contributed by atoms with Gasteiger partial charge in [-0.05, 0) is 24.6 Å². The smallest absolute Gasteiger partial charge is 0.280 e. The first-order valence-corrected chi connectivity index (χ1v) is 8.22. The molecule has 130 valence electrons. The number of rotatable bonds is 4. The normalized spacial score (nSPS) is 10.7. The number of aryl methyl sites for hydroxylation is 1. The van der Waals surface area contributed by atoms with E-state index >= 15 is 0 Å². The van der Waals surface area contributed by atoms with Gasteiger partial charge in [-0.2, -0.15) is 0 Å². The Kier molecular flexibility index (Phi) is 4.55. The van der Waals surface area contributed by atoms with Gasteiger partial charge in [-0.15, -0.1) is 0 Å². The molecule has 0 bridgehead atoms. The maximum absolute atomic E-state index is 12.8. The average molecular weight is 346 g/mol. The van der Waals surface area contributed by atoms with E-state index in [-0.39, 0.29) is 17.3 Å². The van der Waals surface area contributed by atoms with Crippen LogP contribution in [0.2, 0.25) is 0 Å². The molecule has 2 aromatic heterocycles. The lowest BCUT2D eigenvalue weighted by Gasteiger charge is -2.05. The van der Waals surface area contributed by atoms with Gasteiger partial charge in [0.15, 0.2) is 17.3 Å². The molecule has 6 heteroatoms. The van der Waals surface area contributed by atoms with Crippen molar-refractivity contribution in [1.82, 2.24) is 14.8 Å². The van der Waals surface area contributed by atoms with Crippen molar-refractivity contribution in [2.45, 2.75) is 20.8 Å². The molecule has 3 aromatic rings. The highest BCUT2D eigenvalue weighted by Crippen LogP contribution is 2.23. The number of hydrogen-bond donors (Lipinski definition) is 1. The van der Waals surface area contributed by atoms with E-state index in [0.717, 1.165) is 5.56 Å². The average Bonchev–Trinajstić information content (AvgIpc) is 2.95. The fraction of sp³-hybridized carbons (Fsp3) is 0.200. The van der Waals surface area contributed by atoms with E-state index in [2.05, 4.69) is 14.9 Å². The van der Waals surface area contributed by atoms with Crippen molar-refractivity contribution < 1.29 is 4.79 Å². The van der Waals surface area contributed by atoms with E-state index in [1.807, 2.05) is 20.8 Å². The molecule has 0 spiro atoms. The van der Waals surface area contributed by atoms with Crippen LogP contribution >= 0.6 is 0 Å². The molecular formula is C20H18N4O2. The highest BCUT2D eigenvalue weighted by Gasteiger charge is 2.16. The lowest BCUT2D eigenvalue weighted by atomic mass is 10.0. The molecule has 1 aromatic carbocycles. The van der Waals surface area contributed by atoms with Crippen LogP contribution in [-0.2, 0) is 0 Å². The van der Waals surface area contributed by atoms with E-state index in [1.54, 1.807) is 36.4 Å². The first kappa shape index (κ1) is 17.4. The summed E-state index contributed by atoms with van der Waals surface area (Å²) in [6.45, 7) is 12.5. The molecule has 6 nitrogen and oxygen atoms in total. The summed E-state index contributed by atoms with van der Waals surface area (Å²) in [5.41, 5.74) is 2.79. The predicted octanol–water partition coefficient (Wildman–Crippen LogP) is 3.93. The van der Waals surface area contributed by atoms with Crippen LogP contribution in [0.25, 0.3) is 21.8 Å². The maximum atomic E-state index is 12.8. The van der Waals surface area contributed by atoms with E-state index in [9.17, 15) is 9.59 Å². The summed E-state index contributed by atoms with van der Waals surface area (Å²) >= 11 is 0. The quantitative estimate of drug-likeness (QED) is 0.575.